The molecular formula is C9H15ClN4O2S. The van der Waals surface area contributed by atoms with Crippen molar-refractivity contribution in [2.75, 3.05) is 19.6 Å². The lowest BCUT2D eigenvalue weighted by Crippen LogP contribution is -2.52. The Morgan fingerprint density at radius 1 is 1.59 bits per heavy atom. The first-order valence-corrected chi connectivity index (χ1v) is 7.16. The van der Waals surface area contributed by atoms with Crippen LogP contribution in [-0.4, -0.2) is 48.0 Å². The highest BCUT2D eigenvalue weighted by Gasteiger charge is 2.32. The second-order valence-corrected chi connectivity index (χ2v) is 6.30. The monoisotopic (exact) mass is 278 g/mol. The van der Waals surface area contributed by atoms with Crippen LogP contribution in [0.4, 0.5) is 0 Å². The third-order valence-corrected chi connectivity index (χ3v) is 5.05. The average molecular weight is 279 g/mol. The van der Waals surface area contributed by atoms with Crippen LogP contribution in [0.5, 0.6) is 0 Å². The molecule has 1 N–H and O–H groups in total. The number of aromatic nitrogens is 2. The highest BCUT2D eigenvalue weighted by atomic mass is 35.5. The maximum Gasteiger partial charge on any atom is 0.262 e. The Morgan fingerprint density at radius 3 is 2.82 bits per heavy atom. The molecule has 0 spiro atoms. The van der Waals surface area contributed by atoms with Gasteiger partial charge in [0, 0.05) is 38.9 Å². The van der Waals surface area contributed by atoms with Crippen molar-refractivity contribution in [2.24, 2.45) is 7.05 Å². The van der Waals surface area contributed by atoms with Gasteiger partial charge in [0.15, 0.2) is 5.03 Å². The Labute approximate surface area is 106 Å². The van der Waals surface area contributed by atoms with Crippen LogP contribution in [0.1, 0.15) is 6.92 Å². The van der Waals surface area contributed by atoms with Crippen LogP contribution in [0, 0.1) is 0 Å². The van der Waals surface area contributed by atoms with E-state index < -0.39 is 10.0 Å². The highest BCUT2D eigenvalue weighted by Crippen LogP contribution is 2.19. The van der Waals surface area contributed by atoms with Crippen LogP contribution in [0.15, 0.2) is 11.2 Å². The summed E-state index contributed by atoms with van der Waals surface area (Å²) in [4.78, 5) is 3.87. The lowest BCUT2D eigenvalue weighted by atomic mass is 10.3. The van der Waals surface area contributed by atoms with Gasteiger partial charge in [-0.2, -0.15) is 4.31 Å². The minimum atomic E-state index is -3.54. The van der Waals surface area contributed by atoms with Gasteiger partial charge in [-0.15, -0.1) is 0 Å². The molecule has 1 aliphatic rings. The molecule has 0 aromatic carbocycles. The molecule has 17 heavy (non-hydrogen) atoms. The number of nitrogens with one attached hydrogen (secondary N) is 1. The number of halogens is 1. The Morgan fingerprint density at radius 2 is 2.29 bits per heavy atom. The van der Waals surface area contributed by atoms with Crippen molar-refractivity contribution >= 4 is 21.6 Å². The molecule has 1 aromatic heterocycles. The molecule has 0 radical (unpaired) electrons. The Balaban J connectivity index is 2.35. The van der Waals surface area contributed by atoms with E-state index in [1.807, 2.05) is 6.92 Å². The number of sulfonamides is 1. The number of hydrogen-bond acceptors (Lipinski definition) is 4. The van der Waals surface area contributed by atoms with Crippen LogP contribution >= 0.6 is 11.6 Å². The molecule has 2 heterocycles. The first-order valence-electron chi connectivity index (χ1n) is 5.34. The molecule has 0 saturated carbocycles. The fraction of sp³-hybridized carbons (Fsp3) is 0.667. The van der Waals surface area contributed by atoms with Gasteiger partial charge >= 0.3 is 0 Å². The lowest BCUT2D eigenvalue weighted by molar-refractivity contribution is 0.283. The van der Waals surface area contributed by atoms with Gasteiger partial charge in [0.25, 0.3) is 10.0 Å². The Hall–Kier alpha value is -0.630. The van der Waals surface area contributed by atoms with Crippen molar-refractivity contribution < 1.29 is 8.42 Å². The van der Waals surface area contributed by atoms with E-state index in [2.05, 4.69) is 10.3 Å². The molecule has 1 aliphatic heterocycles. The Bertz CT molecular complexity index is 494. The minimum absolute atomic E-state index is 0.0127. The van der Waals surface area contributed by atoms with E-state index in [0.29, 0.717) is 19.6 Å². The van der Waals surface area contributed by atoms with Crippen molar-refractivity contribution in [1.82, 2.24) is 19.2 Å². The van der Waals surface area contributed by atoms with E-state index in [1.54, 1.807) is 7.05 Å². The normalized spacial score (nSPS) is 22.9. The topological polar surface area (TPSA) is 67.2 Å². The number of nitrogens with zero attached hydrogens (tertiary/aromatic N) is 3. The second-order valence-electron chi connectivity index (χ2n) is 4.13. The quantitative estimate of drug-likeness (QED) is 0.830. The van der Waals surface area contributed by atoms with Crippen LogP contribution in [-0.2, 0) is 17.1 Å². The van der Waals surface area contributed by atoms with Gasteiger partial charge in [-0.1, -0.05) is 0 Å². The smallest absolute Gasteiger partial charge is 0.262 e. The zero-order valence-electron chi connectivity index (χ0n) is 9.72. The molecule has 2 rings (SSSR count). The van der Waals surface area contributed by atoms with Gasteiger partial charge < -0.3 is 9.88 Å². The summed E-state index contributed by atoms with van der Waals surface area (Å²) >= 11 is 5.77. The summed E-state index contributed by atoms with van der Waals surface area (Å²) in [5.41, 5.74) is 0. The zero-order chi connectivity index (χ0) is 12.6. The van der Waals surface area contributed by atoms with E-state index in [4.69, 9.17) is 11.6 Å². The summed E-state index contributed by atoms with van der Waals surface area (Å²) in [6, 6.07) is -0.0745. The van der Waals surface area contributed by atoms with Crippen LogP contribution in [0.2, 0.25) is 5.28 Å². The molecule has 6 nitrogen and oxygen atoms in total. The minimum Gasteiger partial charge on any atom is -0.323 e. The third-order valence-electron chi connectivity index (χ3n) is 2.81. The molecule has 1 atom stereocenters. The summed E-state index contributed by atoms with van der Waals surface area (Å²) in [6.45, 7) is 3.63. The van der Waals surface area contributed by atoms with E-state index in [-0.39, 0.29) is 16.4 Å². The zero-order valence-corrected chi connectivity index (χ0v) is 11.3. The number of aryl methyl sites for hydroxylation is 1. The molecule has 1 aromatic rings. The summed E-state index contributed by atoms with van der Waals surface area (Å²) in [5.74, 6) is 0. The average Bonchev–Trinajstić information content (AvgIpc) is 2.60. The second kappa shape index (κ2) is 4.56. The van der Waals surface area contributed by atoms with Gasteiger partial charge in [-0.3, -0.25) is 0 Å². The van der Waals surface area contributed by atoms with Gasteiger partial charge in [-0.25, -0.2) is 13.4 Å². The van der Waals surface area contributed by atoms with Crippen LogP contribution in [0.25, 0.3) is 0 Å². The molecule has 96 valence electrons. The number of piperazine rings is 1. The van der Waals surface area contributed by atoms with E-state index in [1.165, 1.54) is 15.1 Å². The summed E-state index contributed by atoms with van der Waals surface area (Å²) in [5, 5.41) is 3.33. The van der Waals surface area contributed by atoms with E-state index in [0.717, 1.165) is 0 Å². The molecule has 0 aliphatic carbocycles. The maximum atomic E-state index is 12.3. The molecule has 8 heteroatoms. The summed E-state index contributed by atoms with van der Waals surface area (Å²) < 4.78 is 27.6. The number of hydrogen-bond donors (Lipinski definition) is 1. The fourth-order valence-electron chi connectivity index (χ4n) is 1.84. The molecule has 0 amide bonds. The largest absolute Gasteiger partial charge is 0.323 e. The fourth-order valence-corrected chi connectivity index (χ4v) is 3.64. The van der Waals surface area contributed by atoms with Crippen molar-refractivity contribution in [3.8, 4) is 0 Å². The predicted molar refractivity (Wildman–Crippen MR) is 64.4 cm³/mol. The molecule has 1 unspecified atom stereocenters. The first kappa shape index (κ1) is 12.8. The van der Waals surface area contributed by atoms with Crippen molar-refractivity contribution in [3.05, 3.63) is 11.5 Å². The third kappa shape index (κ3) is 2.33. The SMILES string of the molecule is CC1CNCCN1S(=O)(=O)c1cn(C)c(Cl)n1. The molecule has 0 bridgehead atoms. The van der Waals surface area contributed by atoms with Crippen molar-refractivity contribution in [2.45, 2.75) is 18.0 Å². The molecule has 1 saturated heterocycles. The molecule has 1 fully saturated rings. The number of imidazole rings is 1. The molecular weight excluding hydrogens is 264 g/mol. The van der Waals surface area contributed by atoms with Crippen LogP contribution in [0.3, 0.4) is 0 Å². The highest BCUT2D eigenvalue weighted by molar-refractivity contribution is 7.89. The number of rotatable bonds is 2. The lowest BCUT2D eigenvalue weighted by Gasteiger charge is -2.32. The Kier molecular flexibility index (Phi) is 3.44. The summed E-state index contributed by atoms with van der Waals surface area (Å²) in [7, 11) is -1.87. The van der Waals surface area contributed by atoms with Crippen molar-refractivity contribution in [3.63, 3.8) is 0 Å². The maximum absolute atomic E-state index is 12.3. The van der Waals surface area contributed by atoms with Gasteiger partial charge in [0.05, 0.1) is 0 Å². The summed E-state index contributed by atoms with van der Waals surface area (Å²) in [6.07, 6.45) is 1.44. The predicted octanol–water partition coefficient (Wildman–Crippen LogP) is 0.0559. The van der Waals surface area contributed by atoms with Gasteiger partial charge in [0.2, 0.25) is 5.28 Å². The van der Waals surface area contributed by atoms with Crippen molar-refractivity contribution in [1.29, 1.82) is 0 Å². The first-order chi connectivity index (χ1) is 7.93. The van der Waals surface area contributed by atoms with Gasteiger partial charge in [0.1, 0.15) is 0 Å². The standard InChI is InChI=1S/C9H15ClN4O2S/c1-7-5-11-3-4-14(7)17(15,16)8-6-13(2)9(10)12-8/h6-7,11H,3-5H2,1-2H3. The van der Waals surface area contributed by atoms with Crippen LogP contribution < -0.4 is 5.32 Å². The van der Waals surface area contributed by atoms with Gasteiger partial charge in [-0.05, 0) is 18.5 Å². The van der Waals surface area contributed by atoms with E-state index >= 15 is 0 Å². The van der Waals surface area contributed by atoms with E-state index in [9.17, 15) is 8.42 Å².